The molecule has 1 saturated heterocycles. The number of nitrogens with zero attached hydrogens (tertiary/aromatic N) is 2. The Bertz CT molecular complexity index is 869. The number of amides is 4. The number of likely N-dealkylation sites (tertiary alicyclic amines) is 1. The van der Waals surface area contributed by atoms with E-state index < -0.39 is 29.4 Å². The minimum atomic E-state index is -0.723. The zero-order valence-electron chi connectivity index (χ0n) is 21.3. The summed E-state index contributed by atoms with van der Waals surface area (Å²) in [6.45, 7) is 2.91. The van der Waals surface area contributed by atoms with Gasteiger partial charge in [0.15, 0.2) is 5.76 Å². The fourth-order valence-electron chi connectivity index (χ4n) is 3.07. The van der Waals surface area contributed by atoms with Gasteiger partial charge in [-0.25, -0.2) is 4.39 Å². The van der Waals surface area contributed by atoms with E-state index in [4.69, 9.17) is 10.5 Å². The maximum absolute atomic E-state index is 12.8. The van der Waals surface area contributed by atoms with Crippen LogP contribution in [0.5, 0.6) is 0 Å². The molecule has 0 saturated carbocycles. The summed E-state index contributed by atoms with van der Waals surface area (Å²) in [4.78, 5) is 47.9. The second kappa shape index (κ2) is 17.8. The van der Waals surface area contributed by atoms with Crippen molar-refractivity contribution in [2.24, 2.45) is 5.92 Å². The molecule has 1 aliphatic heterocycles. The predicted molar refractivity (Wildman–Crippen MR) is 134 cm³/mol. The molecule has 0 aromatic rings. The predicted octanol–water partition coefficient (Wildman–Crippen LogP) is 1.17. The molecule has 1 heterocycles. The first-order chi connectivity index (χ1) is 17.1. The van der Waals surface area contributed by atoms with Gasteiger partial charge < -0.3 is 25.7 Å². The monoisotopic (exact) mass is 511 g/mol. The van der Waals surface area contributed by atoms with Crippen molar-refractivity contribution < 1.29 is 33.8 Å². The summed E-state index contributed by atoms with van der Waals surface area (Å²) in [5.74, 6) is -3.19. The van der Waals surface area contributed by atoms with E-state index in [0.717, 1.165) is 32.4 Å². The van der Waals surface area contributed by atoms with Crippen LogP contribution >= 0.6 is 0 Å². The number of aliphatic hydroxyl groups excluding tert-OH is 2. The molecule has 0 aromatic carbocycles. The molecule has 36 heavy (non-hydrogen) atoms. The summed E-state index contributed by atoms with van der Waals surface area (Å²) in [5, 5.41) is 29.7. The average Bonchev–Trinajstić information content (AvgIpc) is 3.08. The molecular weight excluding hydrogens is 473 g/mol. The summed E-state index contributed by atoms with van der Waals surface area (Å²) in [5.41, 5.74) is 0. The van der Waals surface area contributed by atoms with E-state index in [-0.39, 0.29) is 24.1 Å². The van der Waals surface area contributed by atoms with Gasteiger partial charge >= 0.3 is 11.8 Å². The minimum Gasteiger partial charge on any atom is -0.503 e. The molecule has 11 nitrogen and oxygen atoms in total. The Balaban J connectivity index is 0.000000861. The highest BCUT2D eigenvalue weighted by Gasteiger charge is 2.24. The van der Waals surface area contributed by atoms with Crippen LogP contribution in [0, 0.1) is 11.3 Å². The molecule has 1 unspecified atom stereocenters. The Morgan fingerprint density at radius 1 is 1.19 bits per heavy atom. The lowest BCUT2D eigenvalue weighted by Crippen LogP contribution is -2.38. The number of carbonyl (C=O) groups is 4. The first-order valence-electron chi connectivity index (χ1n) is 11.6. The minimum absolute atomic E-state index is 0.0153. The van der Waals surface area contributed by atoms with E-state index in [1.807, 2.05) is 0 Å². The number of halogens is 1. The number of carbonyl (C=O) groups excluding carboxylic acids is 4. The third-order valence-electron chi connectivity index (χ3n) is 4.97. The van der Waals surface area contributed by atoms with Crippen molar-refractivity contribution in [1.82, 2.24) is 20.4 Å². The molecule has 202 valence electrons. The van der Waals surface area contributed by atoms with Crippen molar-refractivity contribution >= 4 is 29.5 Å². The molecule has 1 fully saturated rings. The molecule has 4 amide bonds. The van der Waals surface area contributed by atoms with E-state index in [1.165, 1.54) is 36.0 Å². The van der Waals surface area contributed by atoms with Crippen molar-refractivity contribution in [2.75, 3.05) is 40.8 Å². The third-order valence-corrected chi connectivity index (χ3v) is 4.97. The van der Waals surface area contributed by atoms with Gasteiger partial charge in [0.05, 0.1) is 6.08 Å². The van der Waals surface area contributed by atoms with Crippen molar-refractivity contribution in [3.05, 3.63) is 35.9 Å². The standard InChI is InChI=1S/C17H22FN3O3.C6H12N2O2.CH4O/c18-13-7-5-12(6-8-13)11-20-16(23)10-14(22)17(24)21-9-3-1-2-4-15(21)19;1-4-7-5(9)6(10)8(2)3;1-2/h5,7-8,10,12,19,22H,1-4,6,9,11H2,(H,20,23);4H2,1-3H3,(H,7,9);2H,1H3/b14-10-,19-15?;;. The molecule has 1 atom stereocenters. The van der Waals surface area contributed by atoms with Gasteiger partial charge in [-0.1, -0.05) is 12.5 Å². The van der Waals surface area contributed by atoms with Crippen molar-refractivity contribution in [3.63, 3.8) is 0 Å². The molecular formula is C24H38FN5O6. The molecule has 5 N–H and O–H groups in total. The van der Waals surface area contributed by atoms with Crippen LogP contribution in [0.3, 0.4) is 0 Å². The maximum Gasteiger partial charge on any atom is 0.311 e. The zero-order chi connectivity index (χ0) is 27.7. The highest BCUT2D eigenvalue weighted by Crippen LogP contribution is 2.16. The quantitative estimate of drug-likeness (QED) is 0.211. The maximum atomic E-state index is 12.8. The lowest BCUT2D eigenvalue weighted by Gasteiger charge is -2.20. The number of amidine groups is 1. The summed E-state index contributed by atoms with van der Waals surface area (Å²) in [7, 11) is 4.08. The van der Waals surface area contributed by atoms with Gasteiger partial charge in [0, 0.05) is 47.3 Å². The number of aliphatic hydroxyl groups is 2. The van der Waals surface area contributed by atoms with Crippen LogP contribution in [0.25, 0.3) is 0 Å². The van der Waals surface area contributed by atoms with E-state index in [2.05, 4.69) is 10.6 Å². The van der Waals surface area contributed by atoms with Gasteiger partial charge in [0.25, 0.3) is 5.91 Å². The van der Waals surface area contributed by atoms with Crippen LogP contribution in [-0.4, -0.2) is 90.3 Å². The Labute approximate surface area is 211 Å². The SMILES string of the molecule is CCNC(=O)C(=O)N(C)C.CO.N=C1CCCCCN1C(=O)/C(O)=C/C(=O)NCC1C=CC(F)=CC1. The van der Waals surface area contributed by atoms with E-state index in [9.17, 15) is 28.7 Å². The first-order valence-corrected chi connectivity index (χ1v) is 11.6. The lowest BCUT2D eigenvalue weighted by molar-refractivity contribution is -0.144. The summed E-state index contributed by atoms with van der Waals surface area (Å²) < 4.78 is 12.8. The number of likely N-dealkylation sites (N-methyl/N-ethyl adjacent to an activating group) is 2. The van der Waals surface area contributed by atoms with Crippen LogP contribution in [0.15, 0.2) is 35.9 Å². The van der Waals surface area contributed by atoms with Crippen LogP contribution in [0.2, 0.25) is 0 Å². The molecule has 12 heteroatoms. The molecule has 0 spiro atoms. The Hall–Kier alpha value is -3.54. The van der Waals surface area contributed by atoms with Gasteiger partial charge in [-0.15, -0.1) is 0 Å². The van der Waals surface area contributed by atoms with Crippen LogP contribution < -0.4 is 10.6 Å². The van der Waals surface area contributed by atoms with Crippen molar-refractivity contribution in [2.45, 2.75) is 39.0 Å². The Morgan fingerprint density at radius 3 is 2.42 bits per heavy atom. The van der Waals surface area contributed by atoms with Gasteiger partial charge in [0.1, 0.15) is 11.7 Å². The highest BCUT2D eigenvalue weighted by molar-refractivity contribution is 6.34. The van der Waals surface area contributed by atoms with E-state index in [0.29, 0.717) is 25.9 Å². The van der Waals surface area contributed by atoms with Gasteiger partial charge in [-0.2, -0.15) is 0 Å². The fraction of sp³-hybridized carbons (Fsp3) is 0.542. The number of rotatable bonds is 5. The highest BCUT2D eigenvalue weighted by atomic mass is 19.1. The molecule has 2 rings (SSSR count). The second-order valence-electron chi connectivity index (χ2n) is 7.99. The number of nitrogens with one attached hydrogen (secondary N) is 3. The molecule has 1 aliphatic carbocycles. The van der Waals surface area contributed by atoms with Gasteiger partial charge in [-0.3, -0.25) is 29.5 Å². The fourth-order valence-corrected chi connectivity index (χ4v) is 3.07. The number of hydrogen-bond donors (Lipinski definition) is 5. The number of allylic oxidation sites excluding steroid dienone is 3. The third kappa shape index (κ3) is 12.2. The second-order valence-corrected chi connectivity index (χ2v) is 7.99. The average molecular weight is 512 g/mol. The van der Waals surface area contributed by atoms with E-state index in [1.54, 1.807) is 13.0 Å². The molecule has 2 aliphatic rings. The molecule has 0 radical (unpaired) electrons. The first kappa shape index (κ1) is 32.5. The topological polar surface area (TPSA) is 163 Å². The summed E-state index contributed by atoms with van der Waals surface area (Å²) >= 11 is 0. The smallest absolute Gasteiger partial charge is 0.311 e. The van der Waals surface area contributed by atoms with Crippen LogP contribution in [0.4, 0.5) is 4.39 Å². The largest absolute Gasteiger partial charge is 0.503 e. The Kier molecular flexibility index (Phi) is 16.1. The van der Waals surface area contributed by atoms with Gasteiger partial charge in [0.2, 0.25) is 5.91 Å². The molecule has 0 bridgehead atoms. The van der Waals surface area contributed by atoms with Crippen molar-refractivity contribution in [1.29, 1.82) is 5.41 Å². The summed E-state index contributed by atoms with van der Waals surface area (Å²) in [6, 6.07) is 0. The lowest BCUT2D eigenvalue weighted by atomic mass is 10.0. The van der Waals surface area contributed by atoms with Crippen LogP contribution in [0.1, 0.15) is 39.0 Å². The molecule has 0 aromatic heterocycles. The number of hydrogen-bond acceptors (Lipinski definition) is 7. The Morgan fingerprint density at radius 2 is 1.86 bits per heavy atom. The van der Waals surface area contributed by atoms with Crippen LogP contribution in [-0.2, 0) is 19.2 Å². The van der Waals surface area contributed by atoms with E-state index >= 15 is 0 Å². The summed E-state index contributed by atoms with van der Waals surface area (Å²) in [6.07, 6.45) is 8.82. The normalized spacial score (nSPS) is 17.2. The van der Waals surface area contributed by atoms with Crippen molar-refractivity contribution in [3.8, 4) is 0 Å². The van der Waals surface area contributed by atoms with Gasteiger partial charge in [-0.05, 0) is 44.3 Å². The zero-order valence-corrected chi connectivity index (χ0v) is 21.3.